The maximum Gasteiger partial charge on any atom is 0.307 e. The molecule has 1 spiro atoms. The highest BCUT2D eigenvalue weighted by Crippen LogP contribution is 2.45. The standard InChI is InChI=1S/C22H21BrN2O4/c23-15-5-9-17(10-6-15)24-20(27)14-3-7-16(8-4-14)25-21(28)18-13-19(26)29-22(18)11-1-2-12-22/h3-10,18H,1-2,11-13H2,(H,24,27)(H,25,28). The summed E-state index contributed by atoms with van der Waals surface area (Å²) in [5.74, 6) is -1.19. The maximum atomic E-state index is 12.8. The number of amides is 2. The van der Waals surface area contributed by atoms with E-state index in [1.54, 1.807) is 36.4 Å². The third kappa shape index (κ3) is 4.19. The molecule has 1 unspecified atom stereocenters. The fourth-order valence-corrected chi connectivity index (χ4v) is 4.38. The summed E-state index contributed by atoms with van der Waals surface area (Å²) in [6, 6.07) is 14.0. The molecule has 2 N–H and O–H groups in total. The molecule has 7 heteroatoms. The van der Waals surface area contributed by atoms with Crippen LogP contribution >= 0.6 is 15.9 Å². The number of hydrogen-bond donors (Lipinski definition) is 2. The Morgan fingerprint density at radius 3 is 2.17 bits per heavy atom. The van der Waals surface area contributed by atoms with E-state index in [2.05, 4.69) is 26.6 Å². The lowest BCUT2D eigenvalue weighted by Gasteiger charge is -2.27. The first-order valence-corrected chi connectivity index (χ1v) is 10.4. The number of nitrogens with one attached hydrogen (secondary N) is 2. The first-order chi connectivity index (χ1) is 13.9. The first-order valence-electron chi connectivity index (χ1n) is 9.65. The Morgan fingerprint density at radius 2 is 1.52 bits per heavy atom. The van der Waals surface area contributed by atoms with E-state index in [1.165, 1.54) is 0 Å². The van der Waals surface area contributed by atoms with Gasteiger partial charge >= 0.3 is 5.97 Å². The van der Waals surface area contributed by atoms with Gasteiger partial charge in [-0.2, -0.15) is 0 Å². The average molecular weight is 457 g/mol. The first kappa shape index (κ1) is 19.6. The van der Waals surface area contributed by atoms with Gasteiger partial charge in [-0.3, -0.25) is 14.4 Å². The maximum absolute atomic E-state index is 12.8. The smallest absolute Gasteiger partial charge is 0.307 e. The van der Waals surface area contributed by atoms with Crippen molar-refractivity contribution in [3.63, 3.8) is 0 Å². The van der Waals surface area contributed by atoms with Crippen LogP contribution in [0.1, 0.15) is 42.5 Å². The summed E-state index contributed by atoms with van der Waals surface area (Å²) in [5, 5.41) is 5.70. The quantitative estimate of drug-likeness (QED) is 0.662. The molecule has 2 amide bonds. The van der Waals surface area contributed by atoms with Crippen molar-refractivity contribution in [2.45, 2.75) is 37.7 Å². The fourth-order valence-electron chi connectivity index (χ4n) is 4.12. The molecular formula is C22H21BrN2O4. The average Bonchev–Trinajstić information content (AvgIpc) is 3.30. The molecule has 1 aliphatic carbocycles. The zero-order valence-electron chi connectivity index (χ0n) is 15.7. The SMILES string of the molecule is O=C1CC(C(=O)Nc2ccc(C(=O)Nc3ccc(Br)cc3)cc2)C2(CCCC2)O1. The molecule has 1 aliphatic heterocycles. The highest BCUT2D eigenvalue weighted by Gasteiger charge is 2.53. The second-order valence-electron chi connectivity index (χ2n) is 7.53. The second-order valence-corrected chi connectivity index (χ2v) is 8.45. The third-order valence-electron chi connectivity index (χ3n) is 5.61. The van der Waals surface area contributed by atoms with Crippen molar-refractivity contribution in [1.82, 2.24) is 0 Å². The van der Waals surface area contributed by atoms with Crippen molar-refractivity contribution in [2.75, 3.05) is 10.6 Å². The van der Waals surface area contributed by atoms with E-state index in [-0.39, 0.29) is 24.2 Å². The minimum Gasteiger partial charge on any atom is -0.458 e. The molecule has 29 heavy (non-hydrogen) atoms. The van der Waals surface area contributed by atoms with E-state index in [0.717, 1.165) is 30.2 Å². The molecule has 2 aromatic rings. The lowest BCUT2D eigenvalue weighted by atomic mass is 9.85. The van der Waals surface area contributed by atoms with Gasteiger partial charge in [0, 0.05) is 21.4 Å². The monoisotopic (exact) mass is 456 g/mol. The highest BCUT2D eigenvalue weighted by molar-refractivity contribution is 9.10. The number of carbonyl (C=O) groups excluding carboxylic acids is 3. The summed E-state index contributed by atoms with van der Waals surface area (Å²) in [5.41, 5.74) is 1.13. The molecule has 0 aromatic heterocycles. The Bertz CT molecular complexity index is 934. The molecule has 1 saturated heterocycles. The van der Waals surface area contributed by atoms with E-state index in [4.69, 9.17) is 4.74 Å². The number of hydrogen-bond acceptors (Lipinski definition) is 4. The number of esters is 1. The Morgan fingerprint density at radius 1 is 0.931 bits per heavy atom. The Kier molecular flexibility index (Phi) is 5.41. The van der Waals surface area contributed by atoms with Crippen LogP contribution in [-0.2, 0) is 14.3 Å². The predicted molar refractivity (Wildman–Crippen MR) is 113 cm³/mol. The van der Waals surface area contributed by atoms with E-state index in [1.807, 2.05) is 12.1 Å². The molecule has 4 rings (SSSR count). The van der Waals surface area contributed by atoms with Crippen molar-refractivity contribution in [1.29, 1.82) is 0 Å². The Hall–Kier alpha value is -2.67. The van der Waals surface area contributed by atoms with Gasteiger partial charge < -0.3 is 15.4 Å². The molecule has 0 radical (unpaired) electrons. The predicted octanol–water partition coefficient (Wildman–Crippen LogP) is 4.52. The van der Waals surface area contributed by atoms with Gasteiger partial charge in [0.15, 0.2) is 0 Å². The molecule has 2 aliphatic rings. The molecule has 2 aromatic carbocycles. The largest absolute Gasteiger partial charge is 0.458 e. The van der Waals surface area contributed by atoms with Crippen LogP contribution in [0.25, 0.3) is 0 Å². The normalized spacial score (nSPS) is 19.8. The van der Waals surface area contributed by atoms with Crippen molar-refractivity contribution in [2.24, 2.45) is 5.92 Å². The number of carbonyl (C=O) groups is 3. The number of halogens is 1. The lowest BCUT2D eigenvalue weighted by molar-refractivity contribution is -0.149. The summed E-state index contributed by atoms with van der Waals surface area (Å²) < 4.78 is 6.47. The van der Waals surface area contributed by atoms with Crippen LogP contribution in [0.5, 0.6) is 0 Å². The fraction of sp³-hybridized carbons (Fsp3) is 0.318. The van der Waals surface area contributed by atoms with E-state index in [9.17, 15) is 14.4 Å². The minimum absolute atomic E-state index is 0.125. The van der Waals surface area contributed by atoms with Gasteiger partial charge in [-0.1, -0.05) is 15.9 Å². The van der Waals surface area contributed by atoms with E-state index in [0.29, 0.717) is 16.9 Å². The lowest BCUT2D eigenvalue weighted by Crippen LogP contribution is -2.39. The third-order valence-corrected chi connectivity index (χ3v) is 6.13. The summed E-state index contributed by atoms with van der Waals surface area (Å²) in [4.78, 5) is 37.0. The van der Waals surface area contributed by atoms with Crippen molar-refractivity contribution >= 4 is 45.1 Å². The molecule has 0 bridgehead atoms. The van der Waals surface area contributed by atoms with Crippen molar-refractivity contribution in [3.05, 3.63) is 58.6 Å². The molecule has 1 saturated carbocycles. The summed E-state index contributed by atoms with van der Waals surface area (Å²) >= 11 is 3.36. The number of rotatable bonds is 4. The summed E-state index contributed by atoms with van der Waals surface area (Å²) in [6.45, 7) is 0. The molecule has 6 nitrogen and oxygen atoms in total. The second kappa shape index (κ2) is 7.99. The van der Waals surface area contributed by atoms with Gasteiger partial charge in [-0.05, 0) is 74.2 Å². The van der Waals surface area contributed by atoms with Gasteiger partial charge in [-0.25, -0.2) is 0 Å². The van der Waals surface area contributed by atoms with E-state index < -0.39 is 11.5 Å². The van der Waals surface area contributed by atoms with Gasteiger partial charge in [0.05, 0.1) is 12.3 Å². The van der Waals surface area contributed by atoms with Gasteiger partial charge in [-0.15, -0.1) is 0 Å². The minimum atomic E-state index is -0.633. The molecular weight excluding hydrogens is 436 g/mol. The van der Waals surface area contributed by atoms with E-state index >= 15 is 0 Å². The molecule has 150 valence electrons. The van der Waals surface area contributed by atoms with Crippen LogP contribution in [-0.4, -0.2) is 23.4 Å². The zero-order valence-corrected chi connectivity index (χ0v) is 17.3. The van der Waals surface area contributed by atoms with Crippen LogP contribution in [0.3, 0.4) is 0 Å². The van der Waals surface area contributed by atoms with Crippen LogP contribution < -0.4 is 10.6 Å². The van der Waals surface area contributed by atoms with Crippen LogP contribution in [0.15, 0.2) is 53.0 Å². The summed E-state index contributed by atoms with van der Waals surface area (Å²) in [6.07, 6.45) is 3.55. The van der Waals surface area contributed by atoms with Crippen molar-refractivity contribution < 1.29 is 19.1 Å². The number of benzene rings is 2. The summed E-state index contributed by atoms with van der Waals surface area (Å²) in [7, 11) is 0. The van der Waals surface area contributed by atoms with Gasteiger partial charge in [0.1, 0.15) is 5.60 Å². The van der Waals surface area contributed by atoms with Crippen LogP contribution in [0.2, 0.25) is 0 Å². The molecule has 1 atom stereocenters. The Balaban J connectivity index is 1.40. The van der Waals surface area contributed by atoms with Crippen molar-refractivity contribution in [3.8, 4) is 0 Å². The highest BCUT2D eigenvalue weighted by atomic mass is 79.9. The zero-order chi connectivity index (χ0) is 20.4. The van der Waals surface area contributed by atoms with Gasteiger partial charge in [0.2, 0.25) is 5.91 Å². The van der Waals surface area contributed by atoms with Crippen LogP contribution in [0, 0.1) is 5.92 Å². The van der Waals surface area contributed by atoms with Gasteiger partial charge in [0.25, 0.3) is 5.91 Å². The topological polar surface area (TPSA) is 84.5 Å². The Labute approximate surface area is 177 Å². The number of ether oxygens (including phenoxy) is 1. The number of anilines is 2. The molecule has 2 fully saturated rings. The molecule has 1 heterocycles. The van der Waals surface area contributed by atoms with Crippen LogP contribution in [0.4, 0.5) is 11.4 Å².